The molecule has 0 spiro atoms. The van der Waals surface area contributed by atoms with E-state index in [0.717, 1.165) is 11.4 Å². The Labute approximate surface area is 70.0 Å². The lowest BCUT2D eigenvalue weighted by molar-refractivity contribution is 0.927. The van der Waals surface area contributed by atoms with Crippen LogP contribution in [-0.2, 0) is 7.05 Å². The molecule has 2 aromatic heterocycles. The van der Waals surface area contributed by atoms with Crippen molar-refractivity contribution in [3.05, 3.63) is 24.4 Å². The molecule has 0 radical (unpaired) electrons. The third-order valence-corrected chi connectivity index (χ3v) is 1.80. The Morgan fingerprint density at radius 1 is 1.58 bits per heavy atom. The Morgan fingerprint density at radius 3 is 2.92 bits per heavy atom. The maximum Gasteiger partial charge on any atom is 0.119 e. The zero-order valence-electron chi connectivity index (χ0n) is 6.78. The molecule has 0 aromatic carbocycles. The highest BCUT2D eigenvalue weighted by molar-refractivity contribution is 5.58. The molecule has 62 valence electrons. The zero-order valence-corrected chi connectivity index (χ0v) is 6.78. The molecule has 2 heterocycles. The molecule has 0 atom stereocenters. The fourth-order valence-electron chi connectivity index (χ4n) is 1.20. The Hall–Kier alpha value is -1.71. The molecule has 12 heavy (non-hydrogen) atoms. The lowest BCUT2D eigenvalue weighted by Crippen LogP contribution is -1.88. The standard InChI is InChI=1S/C8H10N4/c1-12-4-2-3-7(12)6-5-8(9)11-10-6/h2-5H,1H3,(H3,9,10,11). The number of aryl methyl sites for hydroxylation is 1. The first-order valence-electron chi connectivity index (χ1n) is 3.70. The molecule has 2 rings (SSSR count). The third kappa shape index (κ3) is 0.972. The summed E-state index contributed by atoms with van der Waals surface area (Å²) in [5.74, 6) is 0.589. The van der Waals surface area contributed by atoms with Gasteiger partial charge in [0.05, 0.1) is 5.69 Å². The van der Waals surface area contributed by atoms with Crippen molar-refractivity contribution in [2.45, 2.75) is 0 Å². The normalized spacial score (nSPS) is 10.4. The van der Waals surface area contributed by atoms with Gasteiger partial charge in [0, 0.05) is 19.3 Å². The zero-order chi connectivity index (χ0) is 8.55. The molecule has 0 saturated carbocycles. The molecule has 0 saturated heterocycles. The number of rotatable bonds is 1. The molecule has 3 N–H and O–H groups in total. The smallest absolute Gasteiger partial charge is 0.119 e. The quantitative estimate of drug-likeness (QED) is 0.657. The molecule has 0 aliphatic carbocycles. The van der Waals surface area contributed by atoms with E-state index in [1.54, 1.807) is 0 Å². The summed E-state index contributed by atoms with van der Waals surface area (Å²) >= 11 is 0. The van der Waals surface area contributed by atoms with Crippen LogP contribution in [0.1, 0.15) is 0 Å². The summed E-state index contributed by atoms with van der Waals surface area (Å²) in [7, 11) is 1.97. The van der Waals surface area contributed by atoms with Gasteiger partial charge in [0.15, 0.2) is 0 Å². The molecule has 0 fully saturated rings. The van der Waals surface area contributed by atoms with Crippen LogP contribution in [0.3, 0.4) is 0 Å². The molecule has 2 aromatic rings. The van der Waals surface area contributed by atoms with Crippen molar-refractivity contribution in [1.29, 1.82) is 0 Å². The highest BCUT2D eigenvalue weighted by Crippen LogP contribution is 2.17. The SMILES string of the molecule is Cn1cccc1-c1cc(N)[nH]n1. The minimum atomic E-state index is 0.589. The summed E-state index contributed by atoms with van der Waals surface area (Å²) in [5, 5.41) is 6.75. The van der Waals surface area contributed by atoms with E-state index in [9.17, 15) is 0 Å². The van der Waals surface area contributed by atoms with E-state index in [2.05, 4.69) is 10.2 Å². The van der Waals surface area contributed by atoms with E-state index < -0.39 is 0 Å². The Morgan fingerprint density at radius 2 is 2.42 bits per heavy atom. The Balaban J connectivity index is 2.50. The number of nitrogens with one attached hydrogen (secondary N) is 1. The van der Waals surface area contributed by atoms with Gasteiger partial charge >= 0.3 is 0 Å². The van der Waals surface area contributed by atoms with E-state index in [0.29, 0.717) is 5.82 Å². The van der Waals surface area contributed by atoms with Crippen LogP contribution < -0.4 is 5.73 Å². The molecule has 0 aliphatic rings. The Kier molecular flexibility index (Phi) is 1.40. The molecule has 0 bridgehead atoms. The minimum Gasteiger partial charge on any atom is -0.384 e. The van der Waals surface area contributed by atoms with Gasteiger partial charge in [-0.25, -0.2) is 0 Å². The average molecular weight is 162 g/mol. The van der Waals surface area contributed by atoms with E-state index >= 15 is 0 Å². The molecule has 0 unspecified atom stereocenters. The molecule has 0 aliphatic heterocycles. The number of anilines is 1. The van der Waals surface area contributed by atoms with Crippen molar-refractivity contribution < 1.29 is 0 Å². The second-order valence-corrected chi connectivity index (χ2v) is 2.71. The van der Waals surface area contributed by atoms with Crippen LogP contribution in [-0.4, -0.2) is 14.8 Å². The van der Waals surface area contributed by atoms with E-state index in [4.69, 9.17) is 5.73 Å². The van der Waals surface area contributed by atoms with E-state index in [-0.39, 0.29) is 0 Å². The van der Waals surface area contributed by atoms with Crippen molar-refractivity contribution in [2.24, 2.45) is 7.05 Å². The van der Waals surface area contributed by atoms with Gasteiger partial charge in [-0.05, 0) is 12.1 Å². The van der Waals surface area contributed by atoms with Crippen LogP contribution in [0.2, 0.25) is 0 Å². The van der Waals surface area contributed by atoms with Gasteiger partial charge in [0.2, 0.25) is 0 Å². The summed E-state index contributed by atoms with van der Waals surface area (Å²) in [5.41, 5.74) is 7.44. The monoisotopic (exact) mass is 162 g/mol. The van der Waals surface area contributed by atoms with E-state index in [1.807, 2.05) is 36.0 Å². The summed E-state index contributed by atoms with van der Waals surface area (Å²) < 4.78 is 2.00. The van der Waals surface area contributed by atoms with Crippen molar-refractivity contribution in [1.82, 2.24) is 14.8 Å². The third-order valence-electron chi connectivity index (χ3n) is 1.80. The number of nitrogens with zero attached hydrogens (tertiary/aromatic N) is 2. The summed E-state index contributed by atoms with van der Waals surface area (Å²) in [4.78, 5) is 0. The molecule has 4 nitrogen and oxygen atoms in total. The maximum atomic E-state index is 5.51. The van der Waals surface area contributed by atoms with Gasteiger partial charge < -0.3 is 10.3 Å². The molecular weight excluding hydrogens is 152 g/mol. The first kappa shape index (κ1) is 6.97. The van der Waals surface area contributed by atoms with Crippen LogP contribution >= 0.6 is 0 Å². The lowest BCUT2D eigenvalue weighted by atomic mass is 10.3. The van der Waals surface area contributed by atoms with Crippen LogP contribution in [0.5, 0.6) is 0 Å². The number of aromatic amines is 1. The number of H-pyrrole nitrogens is 1. The second kappa shape index (κ2) is 2.41. The topological polar surface area (TPSA) is 59.6 Å². The van der Waals surface area contributed by atoms with Crippen LogP contribution in [0.25, 0.3) is 11.4 Å². The molecule has 0 amide bonds. The predicted molar refractivity (Wildman–Crippen MR) is 47.4 cm³/mol. The number of nitrogen functional groups attached to an aromatic ring is 1. The Bertz CT molecular complexity index is 385. The first-order chi connectivity index (χ1) is 5.77. The van der Waals surface area contributed by atoms with Crippen molar-refractivity contribution in [3.8, 4) is 11.4 Å². The second-order valence-electron chi connectivity index (χ2n) is 2.71. The van der Waals surface area contributed by atoms with Gasteiger partial charge in [-0.2, -0.15) is 5.10 Å². The van der Waals surface area contributed by atoms with Crippen LogP contribution in [0.15, 0.2) is 24.4 Å². The minimum absolute atomic E-state index is 0.589. The molecular formula is C8H10N4. The fourth-order valence-corrected chi connectivity index (χ4v) is 1.20. The summed E-state index contributed by atoms with van der Waals surface area (Å²) in [6, 6.07) is 5.78. The summed E-state index contributed by atoms with van der Waals surface area (Å²) in [6.07, 6.45) is 1.97. The van der Waals surface area contributed by atoms with Gasteiger partial charge in [0.1, 0.15) is 11.5 Å². The average Bonchev–Trinajstić information content (AvgIpc) is 2.58. The van der Waals surface area contributed by atoms with Crippen molar-refractivity contribution in [3.63, 3.8) is 0 Å². The predicted octanol–water partition coefficient (Wildman–Crippen LogP) is 0.997. The number of nitrogens with two attached hydrogens (primary N) is 1. The number of aromatic nitrogens is 3. The lowest BCUT2D eigenvalue weighted by Gasteiger charge is -1.96. The molecule has 4 heteroatoms. The van der Waals surface area contributed by atoms with Crippen molar-refractivity contribution >= 4 is 5.82 Å². The van der Waals surface area contributed by atoms with Gasteiger partial charge in [-0.15, -0.1) is 0 Å². The van der Waals surface area contributed by atoms with Gasteiger partial charge in [0.25, 0.3) is 0 Å². The summed E-state index contributed by atoms with van der Waals surface area (Å²) in [6.45, 7) is 0. The number of hydrogen-bond donors (Lipinski definition) is 2. The first-order valence-corrected chi connectivity index (χ1v) is 3.70. The van der Waals surface area contributed by atoms with Crippen LogP contribution in [0.4, 0.5) is 5.82 Å². The largest absolute Gasteiger partial charge is 0.384 e. The van der Waals surface area contributed by atoms with Gasteiger partial charge in [-0.1, -0.05) is 0 Å². The highest BCUT2D eigenvalue weighted by atomic mass is 15.2. The number of hydrogen-bond acceptors (Lipinski definition) is 2. The highest BCUT2D eigenvalue weighted by Gasteiger charge is 2.03. The van der Waals surface area contributed by atoms with Gasteiger partial charge in [-0.3, -0.25) is 5.10 Å². The van der Waals surface area contributed by atoms with E-state index in [1.165, 1.54) is 0 Å². The van der Waals surface area contributed by atoms with Crippen LogP contribution in [0, 0.1) is 0 Å². The fraction of sp³-hybridized carbons (Fsp3) is 0.125. The van der Waals surface area contributed by atoms with Crippen molar-refractivity contribution in [2.75, 3.05) is 5.73 Å². The maximum absolute atomic E-state index is 5.51.